The minimum atomic E-state index is -0.0402. The van der Waals surface area contributed by atoms with Gasteiger partial charge in [-0.15, -0.1) is 0 Å². The minimum absolute atomic E-state index is 0.0402. The van der Waals surface area contributed by atoms with Crippen molar-refractivity contribution in [2.45, 2.75) is 13.8 Å². The molecule has 0 heterocycles. The summed E-state index contributed by atoms with van der Waals surface area (Å²) in [5.74, 6) is 0.327. The highest BCUT2D eigenvalue weighted by Gasteiger charge is 2.08. The maximum Gasteiger partial charge on any atom is 0.176 e. The molecule has 2 aromatic carbocycles. The molecule has 0 saturated carbocycles. The summed E-state index contributed by atoms with van der Waals surface area (Å²) < 4.78 is 5.34. The lowest BCUT2D eigenvalue weighted by atomic mass is 10.2. The molecule has 2 rings (SSSR count). The third-order valence-electron chi connectivity index (χ3n) is 2.82. The molecule has 0 saturated heterocycles. The molecule has 20 heavy (non-hydrogen) atoms. The lowest BCUT2D eigenvalue weighted by Crippen LogP contribution is -1.94. The molecule has 1 N–H and O–H groups in total. The Labute approximate surface area is 123 Å². The summed E-state index contributed by atoms with van der Waals surface area (Å²) in [6.45, 7) is 4.31. The van der Waals surface area contributed by atoms with Crippen molar-refractivity contribution in [3.05, 3.63) is 52.5 Å². The normalized spacial score (nSPS) is 10.9. The summed E-state index contributed by atoms with van der Waals surface area (Å²) in [6.07, 6.45) is 1.70. The first kappa shape index (κ1) is 14.4. The molecule has 0 aliphatic heterocycles. The van der Waals surface area contributed by atoms with Gasteiger partial charge in [0.15, 0.2) is 11.5 Å². The van der Waals surface area contributed by atoms with Gasteiger partial charge in [0, 0.05) is 6.21 Å². The lowest BCUT2D eigenvalue weighted by Gasteiger charge is -2.08. The van der Waals surface area contributed by atoms with Gasteiger partial charge in [-0.25, -0.2) is 0 Å². The first-order valence-corrected chi connectivity index (χ1v) is 6.74. The number of nitrogens with zero attached hydrogens (tertiary/aromatic N) is 1. The Bertz CT molecular complexity index is 638. The fraction of sp³-hybridized carbons (Fsp3) is 0.188. The van der Waals surface area contributed by atoms with Crippen LogP contribution in [-0.2, 0) is 0 Å². The zero-order valence-electron chi connectivity index (χ0n) is 11.4. The second-order valence-corrected chi connectivity index (χ2v) is 4.73. The molecule has 4 heteroatoms. The second kappa shape index (κ2) is 6.44. The summed E-state index contributed by atoms with van der Waals surface area (Å²) in [5, 5.41) is 10.0. The molecule has 104 valence electrons. The third kappa shape index (κ3) is 3.31. The third-order valence-corrected chi connectivity index (χ3v) is 3.11. The predicted octanol–water partition coefficient (Wildman–Crippen LogP) is 4.50. The van der Waals surface area contributed by atoms with E-state index in [4.69, 9.17) is 16.3 Å². The SMILES string of the molecule is CCOc1cc(C=Nc2ccccc2C)cc(Cl)c1O. The van der Waals surface area contributed by atoms with Gasteiger partial charge in [-0.05, 0) is 43.2 Å². The van der Waals surface area contributed by atoms with E-state index in [1.807, 2.05) is 38.1 Å². The van der Waals surface area contributed by atoms with Crippen LogP contribution in [0.1, 0.15) is 18.1 Å². The van der Waals surface area contributed by atoms with Crippen molar-refractivity contribution in [3.63, 3.8) is 0 Å². The molecule has 0 spiro atoms. The van der Waals surface area contributed by atoms with Crippen molar-refractivity contribution in [3.8, 4) is 11.5 Å². The average molecular weight is 290 g/mol. The first-order chi connectivity index (χ1) is 9.61. The van der Waals surface area contributed by atoms with E-state index in [1.54, 1.807) is 18.3 Å². The second-order valence-electron chi connectivity index (χ2n) is 4.33. The molecule has 0 aromatic heterocycles. The van der Waals surface area contributed by atoms with E-state index >= 15 is 0 Å². The van der Waals surface area contributed by atoms with Crippen LogP contribution < -0.4 is 4.74 Å². The number of aromatic hydroxyl groups is 1. The van der Waals surface area contributed by atoms with Gasteiger partial charge in [-0.2, -0.15) is 0 Å². The smallest absolute Gasteiger partial charge is 0.176 e. The molecule has 0 unspecified atom stereocenters. The molecule has 0 radical (unpaired) electrons. The fourth-order valence-electron chi connectivity index (χ4n) is 1.79. The summed E-state index contributed by atoms with van der Waals surface area (Å²) in [7, 11) is 0. The van der Waals surface area contributed by atoms with Crippen LogP contribution in [0.5, 0.6) is 11.5 Å². The molecule has 0 aliphatic carbocycles. The largest absolute Gasteiger partial charge is 0.503 e. The maximum atomic E-state index is 9.78. The highest BCUT2D eigenvalue weighted by molar-refractivity contribution is 6.32. The topological polar surface area (TPSA) is 41.8 Å². The molecular weight excluding hydrogens is 274 g/mol. The number of hydrogen-bond acceptors (Lipinski definition) is 3. The number of phenolic OH excluding ortho intramolecular Hbond substituents is 1. The number of hydrogen-bond donors (Lipinski definition) is 1. The Hall–Kier alpha value is -2.00. The van der Waals surface area contributed by atoms with E-state index in [0.717, 1.165) is 16.8 Å². The number of halogens is 1. The number of phenols is 1. The monoisotopic (exact) mass is 289 g/mol. The fourth-order valence-corrected chi connectivity index (χ4v) is 2.01. The number of aliphatic imine (C=N–C) groups is 1. The Morgan fingerprint density at radius 3 is 2.75 bits per heavy atom. The lowest BCUT2D eigenvalue weighted by molar-refractivity contribution is 0.318. The quantitative estimate of drug-likeness (QED) is 0.842. The van der Waals surface area contributed by atoms with Gasteiger partial charge in [-0.3, -0.25) is 4.99 Å². The predicted molar refractivity (Wildman–Crippen MR) is 82.7 cm³/mol. The Kier molecular flexibility index (Phi) is 4.64. The number of benzene rings is 2. The van der Waals surface area contributed by atoms with Gasteiger partial charge in [0.2, 0.25) is 0 Å². The van der Waals surface area contributed by atoms with Crippen LogP contribution in [0.2, 0.25) is 5.02 Å². The van der Waals surface area contributed by atoms with Crippen LogP contribution in [0.25, 0.3) is 0 Å². The first-order valence-electron chi connectivity index (χ1n) is 6.37. The number of ether oxygens (including phenoxy) is 1. The van der Waals surface area contributed by atoms with Crippen LogP contribution in [0.3, 0.4) is 0 Å². The van der Waals surface area contributed by atoms with Crippen LogP contribution in [0.4, 0.5) is 5.69 Å². The van der Waals surface area contributed by atoms with Crippen LogP contribution in [-0.4, -0.2) is 17.9 Å². The van der Waals surface area contributed by atoms with E-state index in [9.17, 15) is 5.11 Å². The standard InChI is InChI=1S/C16H16ClNO2/c1-3-20-15-9-12(8-13(17)16(15)19)10-18-14-7-5-4-6-11(14)2/h4-10,19H,3H2,1-2H3. The zero-order valence-corrected chi connectivity index (χ0v) is 12.2. The molecule has 0 atom stereocenters. The summed E-state index contributed by atoms with van der Waals surface area (Å²) in [5.41, 5.74) is 2.77. The molecular formula is C16H16ClNO2. The van der Waals surface area contributed by atoms with Crippen LogP contribution in [0, 0.1) is 6.92 Å². The summed E-state index contributed by atoms with van der Waals surface area (Å²) in [6, 6.07) is 11.2. The Balaban J connectivity index is 2.32. The van der Waals surface area contributed by atoms with E-state index in [1.165, 1.54) is 0 Å². The van der Waals surface area contributed by atoms with E-state index in [2.05, 4.69) is 4.99 Å². The molecule has 0 aliphatic rings. The highest BCUT2D eigenvalue weighted by Crippen LogP contribution is 2.34. The summed E-state index contributed by atoms with van der Waals surface area (Å²) >= 11 is 5.98. The van der Waals surface area contributed by atoms with Gasteiger partial charge >= 0.3 is 0 Å². The maximum absolute atomic E-state index is 9.78. The Morgan fingerprint density at radius 2 is 2.05 bits per heavy atom. The van der Waals surface area contributed by atoms with Gasteiger partial charge in [0.25, 0.3) is 0 Å². The van der Waals surface area contributed by atoms with Gasteiger partial charge < -0.3 is 9.84 Å². The average Bonchev–Trinajstić information content (AvgIpc) is 2.43. The van der Waals surface area contributed by atoms with Crippen molar-refractivity contribution in [2.75, 3.05) is 6.61 Å². The Morgan fingerprint density at radius 1 is 1.30 bits per heavy atom. The molecule has 0 amide bonds. The number of rotatable bonds is 4. The highest BCUT2D eigenvalue weighted by atomic mass is 35.5. The molecule has 2 aromatic rings. The van der Waals surface area contributed by atoms with Crippen molar-refractivity contribution in [2.24, 2.45) is 4.99 Å². The van der Waals surface area contributed by atoms with E-state index < -0.39 is 0 Å². The van der Waals surface area contributed by atoms with Crippen molar-refractivity contribution < 1.29 is 9.84 Å². The zero-order chi connectivity index (χ0) is 14.5. The number of aryl methyl sites for hydroxylation is 1. The van der Waals surface area contributed by atoms with Crippen LogP contribution in [0.15, 0.2) is 41.4 Å². The van der Waals surface area contributed by atoms with Crippen molar-refractivity contribution in [1.29, 1.82) is 0 Å². The molecule has 0 fully saturated rings. The molecule has 0 bridgehead atoms. The summed E-state index contributed by atoms with van der Waals surface area (Å²) in [4.78, 5) is 4.43. The minimum Gasteiger partial charge on any atom is -0.503 e. The van der Waals surface area contributed by atoms with Gasteiger partial charge in [-0.1, -0.05) is 29.8 Å². The molecule has 3 nitrogen and oxygen atoms in total. The van der Waals surface area contributed by atoms with E-state index in [-0.39, 0.29) is 10.8 Å². The van der Waals surface area contributed by atoms with E-state index in [0.29, 0.717) is 12.4 Å². The van der Waals surface area contributed by atoms with Gasteiger partial charge in [0.05, 0.1) is 17.3 Å². The van der Waals surface area contributed by atoms with Gasteiger partial charge in [0.1, 0.15) is 0 Å². The van der Waals surface area contributed by atoms with Crippen LogP contribution >= 0.6 is 11.6 Å². The van der Waals surface area contributed by atoms with Crippen molar-refractivity contribution >= 4 is 23.5 Å². The number of para-hydroxylation sites is 1. The van der Waals surface area contributed by atoms with Crippen molar-refractivity contribution in [1.82, 2.24) is 0 Å².